The number of anilines is 2. The molecule has 0 fully saturated rings. The highest BCUT2D eigenvalue weighted by Crippen LogP contribution is 2.24. The molecule has 0 saturated heterocycles. The molecule has 2 aromatic rings. The molecule has 1 amide bonds. The molecule has 0 aliphatic rings. The van der Waals surface area contributed by atoms with Crippen molar-refractivity contribution in [2.45, 2.75) is 6.92 Å². The number of hydrogen-bond acceptors (Lipinski definition) is 3. The Balaban J connectivity index is 2.14. The molecule has 110 valence electrons. The topological polar surface area (TPSA) is 41.6 Å². The van der Waals surface area contributed by atoms with Gasteiger partial charge in [0.2, 0.25) is 0 Å². The minimum Gasteiger partial charge on any atom is -0.494 e. The first-order valence-electron chi connectivity index (χ1n) is 6.92. The Hall–Kier alpha value is -2.49. The molecule has 2 aromatic carbocycles. The van der Waals surface area contributed by atoms with Crippen LogP contribution in [0.15, 0.2) is 48.5 Å². The molecule has 0 saturated carbocycles. The molecule has 0 aliphatic carbocycles. The van der Waals surface area contributed by atoms with Crippen molar-refractivity contribution in [3.63, 3.8) is 0 Å². The van der Waals surface area contributed by atoms with Crippen molar-refractivity contribution < 1.29 is 9.53 Å². The molecule has 4 heteroatoms. The molecule has 0 bridgehead atoms. The molecular formula is C17H20N2O2. The van der Waals surface area contributed by atoms with Crippen molar-refractivity contribution in [2.75, 3.05) is 30.9 Å². The van der Waals surface area contributed by atoms with E-state index in [1.807, 2.05) is 50.2 Å². The summed E-state index contributed by atoms with van der Waals surface area (Å²) in [5.74, 6) is 0.634. The lowest BCUT2D eigenvalue weighted by Gasteiger charge is -2.17. The number of ether oxygens (including phenoxy) is 1. The monoisotopic (exact) mass is 284 g/mol. The summed E-state index contributed by atoms with van der Waals surface area (Å²) in [4.78, 5) is 14.3. The molecule has 0 aromatic heterocycles. The Labute approximate surface area is 125 Å². The maximum Gasteiger partial charge on any atom is 0.255 e. The van der Waals surface area contributed by atoms with Crippen LogP contribution in [0.3, 0.4) is 0 Å². The van der Waals surface area contributed by atoms with E-state index in [4.69, 9.17) is 4.74 Å². The van der Waals surface area contributed by atoms with Crippen LogP contribution in [0.1, 0.15) is 17.3 Å². The smallest absolute Gasteiger partial charge is 0.255 e. The SMILES string of the molecule is CCOc1ccc(C(=O)Nc2ccccc2N(C)C)cc1. The van der Waals surface area contributed by atoms with E-state index in [0.29, 0.717) is 12.2 Å². The molecule has 0 radical (unpaired) electrons. The second-order valence-corrected chi connectivity index (χ2v) is 4.82. The third kappa shape index (κ3) is 3.75. The number of nitrogens with zero attached hydrogens (tertiary/aromatic N) is 1. The minimum absolute atomic E-state index is 0.132. The quantitative estimate of drug-likeness (QED) is 0.915. The average molecular weight is 284 g/mol. The zero-order chi connectivity index (χ0) is 15.2. The van der Waals surface area contributed by atoms with Crippen molar-refractivity contribution in [3.05, 3.63) is 54.1 Å². The van der Waals surface area contributed by atoms with Crippen LogP contribution in [0.5, 0.6) is 5.75 Å². The van der Waals surface area contributed by atoms with Crippen LogP contribution >= 0.6 is 0 Å². The van der Waals surface area contributed by atoms with E-state index < -0.39 is 0 Å². The van der Waals surface area contributed by atoms with Crippen LogP contribution in [0.2, 0.25) is 0 Å². The van der Waals surface area contributed by atoms with Crippen molar-refractivity contribution in [2.24, 2.45) is 0 Å². The van der Waals surface area contributed by atoms with E-state index in [0.717, 1.165) is 17.1 Å². The first-order valence-corrected chi connectivity index (χ1v) is 6.92. The lowest BCUT2D eigenvalue weighted by Crippen LogP contribution is -2.16. The number of carbonyl (C=O) groups excluding carboxylic acids is 1. The molecule has 0 heterocycles. The molecule has 21 heavy (non-hydrogen) atoms. The Morgan fingerprint density at radius 1 is 1.10 bits per heavy atom. The van der Waals surface area contributed by atoms with E-state index >= 15 is 0 Å². The largest absolute Gasteiger partial charge is 0.494 e. The van der Waals surface area contributed by atoms with Crippen LogP contribution in [-0.2, 0) is 0 Å². The van der Waals surface area contributed by atoms with Crippen molar-refractivity contribution in [1.29, 1.82) is 0 Å². The normalized spacial score (nSPS) is 10.0. The molecule has 0 atom stereocenters. The fourth-order valence-corrected chi connectivity index (χ4v) is 2.03. The highest BCUT2D eigenvalue weighted by atomic mass is 16.5. The molecule has 2 rings (SSSR count). The number of carbonyl (C=O) groups is 1. The lowest BCUT2D eigenvalue weighted by atomic mass is 10.2. The third-order valence-electron chi connectivity index (χ3n) is 3.06. The van der Waals surface area contributed by atoms with Gasteiger partial charge in [0.05, 0.1) is 18.0 Å². The Kier molecular flexibility index (Phi) is 4.82. The van der Waals surface area contributed by atoms with Crippen molar-refractivity contribution in [1.82, 2.24) is 0 Å². The van der Waals surface area contributed by atoms with E-state index in [1.54, 1.807) is 24.3 Å². The molecule has 0 spiro atoms. The van der Waals surface area contributed by atoms with Gasteiger partial charge in [0.25, 0.3) is 5.91 Å². The van der Waals surface area contributed by atoms with Gasteiger partial charge < -0.3 is 15.0 Å². The van der Waals surface area contributed by atoms with Gasteiger partial charge in [-0.2, -0.15) is 0 Å². The summed E-state index contributed by atoms with van der Waals surface area (Å²) >= 11 is 0. The fraction of sp³-hybridized carbons (Fsp3) is 0.235. The van der Waals surface area contributed by atoms with Gasteiger partial charge in [0, 0.05) is 19.7 Å². The molecule has 1 N–H and O–H groups in total. The molecule has 0 aliphatic heterocycles. The Morgan fingerprint density at radius 2 is 1.76 bits per heavy atom. The fourth-order valence-electron chi connectivity index (χ4n) is 2.03. The van der Waals surface area contributed by atoms with Gasteiger partial charge in [-0.15, -0.1) is 0 Å². The number of amides is 1. The van der Waals surface area contributed by atoms with E-state index in [9.17, 15) is 4.79 Å². The number of benzene rings is 2. The van der Waals surface area contributed by atoms with Crippen LogP contribution in [-0.4, -0.2) is 26.6 Å². The van der Waals surface area contributed by atoms with E-state index in [-0.39, 0.29) is 5.91 Å². The predicted octanol–water partition coefficient (Wildman–Crippen LogP) is 3.40. The minimum atomic E-state index is -0.132. The highest BCUT2D eigenvalue weighted by Gasteiger charge is 2.10. The third-order valence-corrected chi connectivity index (χ3v) is 3.06. The van der Waals surface area contributed by atoms with Crippen LogP contribution in [0.25, 0.3) is 0 Å². The average Bonchev–Trinajstić information content (AvgIpc) is 2.48. The summed E-state index contributed by atoms with van der Waals surface area (Å²) in [5.41, 5.74) is 2.37. The van der Waals surface area contributed by atoms with Gasteiger partial charge in [-0.3, -0.25) is 4.79 Å². The van der Waals surface area contributed by atoms with Gasteiger partial charge in [0.15, 0.2) is 0 Å². The second kappa shape index (κ2) is 6.79. The van der Waals surface area contributed by atoms with E-state index in [2.05, 4.69) is 5.32 Å². The number of para-hydroxylation sites is 2. The first kappa shape index (κ1) is 14.9. The summed E-state index contributed by atoms with van der Waals surface area (Å²) in [7, 11) is 3.89. The van der Waals surface area contributed by atoms with E-state index in [1.165, 1.54) is 0 Å². The van der Waals surface area contributed by atoms with Gasteiger partial charge in [0.1, 0.15) is 5.75 Å². The van der Waals surface area contributed by atoms with Gasteiger partial charge in [-0.1, -0.05) is 12.1 Å². The highest BCUT2D eigenvalue weighted by molar-refractivity contribution is 6.06. The van der Waals surface area contributed by atoms with Gasteiger partial charge in [-0.25, -0.2) is 0 Å². The van der Waals surface area contributed by atoms with Crippen LogP contribution in [0.4, 0.5) is 11.4 Å². The number of nitrogens with one attached hydrogen (secondary N) is 1. The van der Waals surface area contributed by atoms with Crippen molar-refractivity contribution >= 4 is 17.3 Å². The Bertz CT molecular complexity index is 606. The van der Waals surface area contributed by atoms with Gasteiger partial charge >= 0.3 is 0 Å². The second-order valence-electron chi connectivity index (χ2n) is 4.82. The van der Waals surface area contributed by atoms with Gasteiger partial charge in [-0.05, 0) is 43.3 Å². The zero-order valence-corrected chi connectivity index (χ0v) is 12.6. The summed E-state index contributed by atoms with van der Waals surface area (Å²) in [6, 6.07) is 14.8. The van der Waals surface area contributed by atoms with Crippen molar-refractivity contribution in [3.8, 4) is 5.75 Å². The summed E-state index contributed by atoms with van der Waals surface area (Å²) < 4.78 is 5.37. The van der Waals surface area contributed by atoms with Crippen LogP contribution in [0, 0.1) is 0 Å². The maximum absolute atomic E-state index is 12.3. The zero-order valence-electron chi connectivity index (χ0n) is 12.6. The maximum atomic E-state index is 12.3. The number of hydrogen-bond donors (Lipinski definition) is 1. The predicted molar refractivity (Wildman–Crippen MR) is 86.3 cm³/mol. The molecular weight excluding hydrogens is 264 g/mol. The molecule has 4 nitrogen and oxygen atoms in total. The lowest BCUT2D eigenvalue weighted by molar-refractivity contribution is 0.102. The standard InChI is InChI=1S/C17H20N2O2/c1-4-21-14-11-9-13(10-12-14)17(20)18-15-7-5-6-8-16(15)19(2)3/h5-12H,4H2,1-3H3,(H,18,20). The molecule has 0 unspecified atom stereocenters. The summed E-state index contributed by atoms with van der Waals surface area (Å²) in [5, 5.41) is 2.94. The van der Waals surface area contributed by atoms with Crippen LogP contribution < -0.4 is 15.0 Å². The Morgan fingerprint density at radius 3 is 2.38 bits per heavy atom. The summed E-state index contributed by atoms with van der Waals surface area (Å²) in [6.45, 7) is 2.54. The first-order chi connectivity index (χ1) is 10.1. The number of rotatable bonds is 5. The summed E-state index contributed by atoms with van der Waals surface area (Å²) in [6.07, 6.45) is 0.